The van der Waals surface area contributed by atoms with E-state index in [0.717, 1.165) is 26.4 Å². The lowest BCUT2D eigenvalue weighted by Gasteiger charge is -2.04. The molecule has 92 valence electrons. The van der Waals surface area contributed by atoms with Crippen LogP contribution < -0.4 is 0 Å². The second-order valence-electron chi connectivity index (χ2n) is 4.40. The first kappa shape index (κ1) is 12.1. The fourth-order valence-electron chi connectivity index (χ4n) is 2.11. The Bertz CT molecular complexity index is 748. The van der Waals surface area contributed by atoms with Gasteiger partial charge in [-0.15, -0.1) is 0 Å². The maximum absolute atomic E-state index is 12.3. The molecule has 3 rings (SSSR count). The summed E-state index contributed by atoms with van der Waals surface area (Å²) < 4.78 is 1.04. The lowest BCUT2D eigenvalue weighted by Crippen LogP contribution is -2.00. The van der Waals surface area contributed by atoms with Crippen LogP contribution in [-0.2, 0) is 0 Å². The average Bonchev–Trinajstić information content (AvgIpc) is 2.47. The predicted octanol–water partition coefficient (Wildman–Crippen LogP) is 4.83. The fourth-order valence-corrected chi connectivity index (χ4v) is 2.49. The topological polar surface area (TPSA) is 17.1 Å². The first-order valence-corrected chi connectivity index (χ1v) is 6.82. The van der Waals surface area contributed by atoms with Crippen molar-refractivity contribution in [1.82, 2.24) is 0 Å². The van der Waals surface area contributed by atoms with Crippen molar-refractivity contribution in [3.63, 3.8) is 0 Å². The molecule has 3 aromatic rings. The smallest absolute Gasteiger partial charge is 0.193 e. The Morgan fingerprint density at radius 3 is 2.21 bits per heavy atom. The zero-order valence-electron chi connectivity index (χ0n) is 10.1. The van der Waals surface area contributed by atoms with E-state index in [0.29, 0.717) is 0 Å². The standard InChI is InChI=1S/C17H11BrO/c18-16-9-8-13-10-15(7-6-14(13)11-16)17(19)12-4-2-1-3-5-12/h1-11H. The van der Waals surface area contributed by atoms with E-state index in [9.17, 15) is 4.79 Å². The molecule has 0 saturated heterocycles. The normalized spacial score (nSPS) is 10.6. The van der Waals surface area contributed by atoms with E-state index < -0.39 is 0 Å². The quantitative estimate of drug-likeness (QED) is 0.619. The Kier molecular flexibility index (Phi) is 3.18. The molecule has 0 radical (unpaired) electrons. The van der Waals surface area contributed by atoms with Crippen LogP contribution >= 0.6 is 15.9 Å². The van der Waals surface area contributed by atoms with Crippen molar-refractivity contribution in [1.29, 1.82) is 0 Å². The third-order valence-corrected chi connectivity index (χ3v) is 3.59. The molecule has 0 saturated carbocycles. The van der Waals surface area contributed by atoms with Gasteiger partial charge in [0.15, 0.2) is 5.78 Å². The molecule has 0 aliphatic rings. The Morgan fingerprint density at radius 2 is 1.42 bits per heavy atom. The number of carbonyl (C=O) groups is 1. The van der Waals surface area contributed by atoms with Gasteiger partial charge in [-0.3, -0.25) is 4.79 Å². The van der Waals surface area contributed by atoms with E-state index in [-0.39, 0.29) is 5.78 Å². The van der Waals surface area contributed by atoms with E-state index in [1.165, 1.54) is 0 Å². The lowest BCUT2D eigenvalue weighted by atomic mass is 10.0. The maximum atomic E-state index is 12.3. The van der Waals surface area contributed by atoms with E-state index in [4.69, 9.17) is 0 Å². The number of halogens is 1. The molecule has 0 fully saturated rings. The highest BCUT2D eigenvalue weighted by molar-refractivity contribution is 9.10. The number of hydrogen-bond donors (Lipinski definition) is 0. The van der Waals surface area contributed by atoms with Crippen molar-refractivity contribution in [2.75, 3.05) is 0 Å². The summed E-state index contributed by atoms with van der Waals surface area (Å²) in [6, 6.07) is 21.2. The van der Waals surface area contributed by atoms with E-state index in [2.05, 4.69) is 15.9 Å². The van der Waals surface area contributed by atoms with Crippen LogP contribution in [0.15, 0.2) is 71.2 Å². The van der Waals surface area contributed by atoms with Gasteiger partial charge in [0.25, 0.3) is 0 Å². The Morgan fingerprint density at radius 1 is 0.737 bits per heavy atom. The van der Waals surface area contributed by atoms with Gasteiger partial charge in [0.05, 0.1) is 0 Å². The average molecular weight is 311 g/mol. The molecule has 0 spiro atoms. The van der Waals surface area contributed by atoms with Gasteiger partial charge in [-0.1, -0.05) is 64.5 Å². The van der Waals surface area contributed by atoms with Crippen LogP contribution in [0.2, 0.25) is 0 Å². The molecule has 0 bridgehead atoms. The highest BCUT2D eigenvalue weighted by atomic mass is 79.9. The summed E-state index contributed by atoms with van der Waals surface area (Å²) in [5, 5.41) is 2.20. The molecule has 2 heteroatoms. The van der Waals surface area contributed by atoms with Crippen molar-refractivity contribution in [3.8, 4) is 0 Å². The van der Waals surface area contributed by atoms with E-state index in [1.807, 2.05) is 66.7 Å². The Balaban J connectivity index is 2.07. The summed E-state index contributed by atoms with van der Waals surface area (Å²) in [5.41, 5.74) is 1.44. The molecule has 1 nitrogen and oxygen atoms in total. The van der Waals surface area contributed by atoms with Crippen LogP contribution in [-0.4, -0.2) is 5.78 Å². The first-order valence-electron chi connectivity index (χ1n) is 6.03. The van der Waals surface area contributed by atoms with Crippen LogP contribution in [0.25, 0.3) is 10.8 Å². The second kappa shape index (κ2) is 4.98. The van der Waals surface area contributed by atoms with Crippen LogP contribution in [0.5, 0.6) is 0 Å². The molecule has 3 aromatic carbocycles. The van der Waals surface area contributed by atoms with Gasteiger partial charge in [-0.25, -0.2) is 0 Å². The number of hydrogen-bond acceptors (Lipinski definition) is 1. The van der Waals surface area contributed by atoms with Gasteiger partial charge in [-0.2, -0.15) is 0 Å². The van der Waals surface area contributed by atoms with Crippen LogP contribution in [0, 0.1) is 0 Å². The van der Waals surface area contributed by atoms with Crippen molar-refractivity contribution in [2.24, 2.45) is 0 Å². The van der Waals surface area contributed by atoms with Crippen molar-refractivity contribution < 1.29 is 4.79 Å². The molecule has 0 unspecified atom stereocenters. The van der Waals surface area contributed by atoms with Crippen LogP contribution in [0.4, 0.5) is 0 Å². The molecule has 0 aromatic heterocycles. The van der Waals surface area contributed by atoms with Crippen molar-refractivity contribution in [3.05, 3.63) is 82.3 Å². The van der Waals surface area contributed by atoms with E-state index in [1.54, 1.807) is 0 Å². The summed E-state index contributed by atoms with van der Waals surface area (Å²) in [5.74, 6) is 0.0606. The molecular formula is C17H11BrO. The third-order valence-electron chi connectivity index (χ3n) is 3.10. The Hall–Kier alpha value is -1.93. The molecular weight excluding hydrogens is 300 g/mol. The number of fused-ring (bicyclic) bond motifs is 1. The number of ketones is 1. The maximum Gasteiger partial charge on any atom is 0.193 e. The zero-order chi connectivity index (χ0) is 13.2. The van der Waals surface area contributed by atoms with Gasteiger partial charge in [-0.05, 0) is 29.0 Å². The summed E-state index contributed by atoms with van der Waals surface area (Å²) in [7, 11) is 0. The summed E-state index contributed by atoms with van der Waals surface area (Å²) >= 11 is 3.45. The minimum absolute atomic E-state index is 0.0606. The van der Waals surface area contributed by atoms with Gasteiger partial charge < -0.3 is 0 Å². The van der Waals surface area contributed by atoms with Gasteiger partial charge in [0, 0.05) is 15.6 Å². The second-order valence-corrected chi connectivity index (χ2v) is 5.32. The zero-order valence-corrected chi connectivity index (χ0v) is 11.7. The number of benzene rings is 3. The van der Waals surface area contributed by atoms with Gasteiger partial charge in [0.1, 0.15) is 0 Å². The SMILES string of the molecule is O=C(c1ccccc1)c1ccc2cc(Br)ccc2c1. The molecule has 0 N–H and O–H groups in total. The summed E-state index contributed by atoms with van der Waals surface area (Å²) in [6.45, 7) is 0. The van der Waals surface area contributed by atoms with Crippen molar-refractivity contribution >= 4 is 32.5 Å². The predicted molar refractivity (Wildman–Crippen MR) is 81.5 cm³/mol. The van der Waals surface area contributed by atoms with Gasteiger partial charge in [0.2, 0.25) is 0 Å². The van der Waals surface area contributed by atoms with E-state index >= 15 is 0 Å². The fraction of sp³-hybridized carbons (Fsp3) is 0. The lowest BCUT2D eigenvalue weighted by molar-refractivity contribution is 0.103. The number of carbonyl (C=O) groups excluding carboxylic acids is 1. The third kappa shape index (κ3) is 2.45. The van der Waals surface area contributed by atoms with Gasteiger partial charge >= 0.3 is 0 Å². The Labute approximate surface area is 120 Å². The minimum Gasteiger partial charge on any atom is -0.289 e. The summed E-state index contributed by atoms with van der Waals surface area (Å²) in [6.07, 6.45) is 0. The number of rotatable bonds is 2. The molecule has 0 atom stereocenters. The first-order chi connectivity index (χ1) is 9.24. The monoisotopic (exact) mass is 310 g/mol. The van der Waals surface area contributed by atoms with Crippen LogP contribution in [0.1, 0.15) is 15.9 Å². The van der Waals surface area contributed by atoms with Crippen molar-refractivity contribution in [2.45, 2.75) is 0 Å². The molecule has 0 amide bonds. The molecule has 0 heterocycles. The summed E-state index contributed by atoms with van der Waals surface area (Å²) in [4.78, 5) is 12.3. The molecule has 19 heavy (non-hydrogen) atoms. The highest BCUT2D eigenvalue weighted by Gasteiger charge is 2.08. The molecule has 0 aliphatic heterocycles. The highest BCUT2D eigenvalue weighted by Crippen LogP contribution is 2.22. The van der Waals surface area contributed by atoms with Crippen LogP contribution in [0.3, 0.4) is 0 Å². The minimum atomic E-state index is 0.0606. The molecule has 0 aliphatic carbocycles. The largest absolute Gasteiger partial charge is 0.289 e.